The largest absolute Gasteiger partial charge is 0.497 e. The highest BCUT2D eigenvalue weighted by molar-refractivity contribution is 5.94. The zero-order valence-corrected chi connectivity index (χ0v) is 18.6. The van der Waals surface area contributed by atoms with Crippen LogP contribution >= 0.6 is 0 Å². The maximum atomic E-state index is 13.6. The van der Waals surface area contributed by atoms with Gasteiger partial charge in [-0.05, 0) is 55.0 Å². The fraction of sp³-hybridized carbons (Fsp3) is 0.423. The lowest BCUT2D eigenvalue weighted by molar-refractivity contribution is -0.151. The smallest absolute Gasteiger partial charge is 0.228 e. The van der Waals surface area contributed by atoms with Crippen molar-refractivity contribution < 1.29 is 14.3 Å². The lowest BCUT2D eigenvalue weighted by atomic mass is 9.76. The predicted molar refractivity (Wildman–Crippen MR) is 122 cm³/mol. The van der Waals surface area contributed by atoms with E-state index >= 15 is 0 Å². The molecule has 1 amide bonds. The van der Waals surface area contributed by atoms with Crippen LogP contribution in [0.2, 0.25) is 0 Å². The molecule has 1 N–H and O–H groups in total. The second-order valence-corrected chi connectivity index (χ2v) is 9.02. The van der Waals surface area contributed by atoms with E-state index in [-0.39, 0.29) is 30.0 Å². The summed E-state index contributed by atoms with van der Waals surface area (Å²) in [5.41, 5.74) is 7.33. The number of carbonyl (C=O) groups is 1. The monoisotopic (exact) mass is 431 g/mol. The predicted octanol–water partition coefficient (Wildman–Crippen LogP) is 3.54. The number of hydrogen-bond acceptors (Lipinski definition) is 5. The maximum absolute atomic E-state index is 13.6. The van der Waals surface area contributed by atoms with Gasteiger partial charge in [-0.1, -0.05) is 36.4 Å². The normalized spacial score (nSPS) is 25.9. The minimum Gasteiger partial charge on any atom is -0.497 e. The summed E-state index contributed by atoms with van der Waals surface area (Å²) >= 11 is 0. The molecule has 2 fully saturated rings. The molecule has 6 heteroatoms. The number of piperidine rings is 2. The van der Waals surface area contributed by atoms with Crippen LogP contribution in [0.3, 0.4) is 0 Å². The van der Waals surface area contributed by atoms with Crippen LogP contribution < -0.4 is 10.2 Å². The van der Waals surface area contributed by atoms with Crippen LogP contribution in [0.4, 0.5) is 0 Å². The average Bonchev–Trinajstić information content (AvgIpc) is 2.84. The van der Waals surface area contributed by atoms with E-state index in [1.54, 1.807) is 7.11 Å². The Morgan fingerprint density at radius 2 is 2.00 bits per heavy atom. The van der Waals surface area contributed by atoms with E-state index in [2.05, 4.69) is 47.6 Å². The number of rotatable bonds is 4. The molecule has 0 aliphatic carbocycles. The number of benzene rings is 2. The summed E-state index contributed by atoms with van der Waals surface area (Å²) in [6.45, 7) is 3.41. The molecule has 0 aromatic heterocycles. The summed E-state index contributed by atoms with van der Waals surface area (Å²) in [5, 5.41) is 2.30. The minimum absolute atomic E-state index is 0.0452. The van der Waals surface area contributed by atoms with Crippen LogP contribution in [-0.2, 0) is 9.59 Å². The first-order valence-electron chi connectivity index (χ1n) is 11.4. The van der Waals surface area contributed by atoms with Gasteiger partial charge in [-0.15, -0.1) is 0 Å². The first-order valence-corrected chi connectivity index (χ1v) is 11.4. The van der Waals surface area contributed by atoms with Crippen molar-refractivity contribution in [1.82, 2.24) is 15.3 Å². The summed E-state index contributed by atoms with van der Waals surface area (Å²) in [6, 6.07) is 16.5. The number of ether oxygens (including phenoxy) is 1. The lowest BCUT2D eigenvalue weighted by Crippen LogP contribution is -2.61. The van der Waals surface area contributed by atoms with Crippen molar-refractivity contribution in [3.05, 3.63) is 65.2 Å². The van der Waals surface area contributed by atoms with Crippen LogP contribution in [-0.4, -0.2) is 48.0 Å². The average molecular weight is 432 g/mol. The van der Waals surface area contributed by atoms with E-state index in [0.29, 0.717) is 17.9 Å². The maximum Gasteiger partial charge on any atom is 0.228 e. The highest BCUT2D eigenvalue weighted by Crippen LogP contribution is 2.46. The quantitative estimate of drug-likeness (QED) is 0.751. The van der Waals surface area contributed by atoms with Gasteiger partial charge in [-0.2, -0.15) is 0 Å². The summed E-state index contributed by atoms with van der Waals surface area (Å²) < 4.78 is 5.38. The number of hydrazine groups is 1. The van der Waals surface area contributed by atoms with Gasteiger partial charge in [0.15, 0.2) is 0 Å². The molecule has 0 spiro atoms. The Hall–Kier alpha value is -2.92. The number of methoxy groups -OCH3 is 1. The van der Waals surface area contributed by atoms with Crippen molar-refractivity contribution in [2.75, 3.05) is 20.2 Å². The van der Waals surface area contributed by atoms with Crippen molar-refractivity contribution >= 4 is 17.4 Å². The third-order valence-electron chi connectivity index (χ3n) is 7.28. The number of hydrogen-bond donors (Lipinski definition) is 1. The summed E-state index contributed by atoms with van der Waals surface area (Å²) in [5.74, 6) is 2.89. The SMILES string of the molecule is COc1ccc2c(c1)C(=C=O)CN1C(=O)[C@H]3CCCN(N[C@H](C)c4ccccc4)[C@H]3C[C@@H]21. The Bertz CT molecular complexity index is 1060. The Labute approximate surface area is 188 Å². The molecule has 4 atom stereocenters. The first-order chi connectivity index (χ1) is 15.6. The molecular weight excluding hydrogens is 402 g/mol. The van der Waals surface area contributed by atoms with Crippen LogP contribution in [0.5, 0.6) is 5.75 Å². The van der Waals surface area contributed by atoms with Gasteiger partial charge in [-0.25, -0.2) is 15.2 Å². The Kier molecular flexibility index (Phi) is 5.60. The van der Waals surface area contributed by atoms with E-state index in [9.17, 15) is 9.59 Å². The molecule has 2 aromatic carbocycles. The topological polar surface area (TPSA) is 61.9 Å². The molecule has 0 saturated carbocycles. The van der Waals surface area contributed by atoms with Crippen molar-refractivity contribution in [2.24, 2.45) is 5.92 Å². The van der Waals surface area contributed by atoms with Crippen LogP contribution in [0.25, 0.3) is 5.57 Å². The van der Waals surface area contributed by atoms with Gasteiger partial charge in [0.1, 0.15) is 11.7 Å². The van der Waals surface area contributed by atoms with Gasteiger partial charge in [0.2, 0.25) is 5.91 Å². The Balaban J connectivity index is 1.46. The molecule has 5 rings (SSSR count). The van der Waals surface area contributed by atoms with Gasteiger partial charge < -0.3 is 9.64 Å². The molecular formula is C26H29N3O3. The molecule has 0 bridgehead atoms. The standard InChI is InChI=1S/C26H29N3O3/c1-17(18-7-4-3-5-8-18)27-29-12-6-9-22-25(29)14-24-21-11-10-20(32-2)13-23(21)19(16-30)15-28(24)26(22)31/h3-5,7-8,10-11,13,17,22,24-25,27H,6,9,12,14-15H2,1-2H3/t17-,22+,24+,25+/m1/s1. The highest BCUT2D eigenvalue weighted by Gasteiger charge is 2.48. The fourth-order valence-electron chi connectivity index (χ4n) is 5.62. The molecule has 0 radical (unpaired) electrons. The van der Waals surface area contributed by atoms with Crippen molar-refractivity contribution in [3.63, 3.8) is 0 Å². The number of fused-ring (bicyclic) bond motifs is 4. The second kappa shape index (κ2) is 8.55. The number of nitrogens with one attached hydrogen (secondary N) is 1. The highest BCUT2D eigenvalue weighted by atomic mass is 16.5. The first kappa shape index (κ1) is 21.0. The molecule has 6 nitrogen and oxygen atoms in total. The van der Waals surface area contributed by atoms with Gasteiger partial charge >= 0.3 is 0 Å². The van der Waals surface area contributed by atoms with Gasteiger partial charge in [0.05, 0.1) is 31.2 Å². The van der Waals surface area contributed by atoms with Crippen LogP contribution in [0.15, 0.2) is 48.5 Å². The van der Waals surface area contributed by atoms with E-state index < -0.39 is 0 Å². The van der Waals surface area contributed by atoms with Crippen LogP contribution in [0, 0.1) is 5.92 Å². The zero-order valence-electron chi connectivity index (χ0n) is 18.6. The Morgan fingerprint density at radius 1 is 1.19 bits per heavy atom. The third kappa shape index (κ3) is 3.55. The lowest BCUT2D eigenvalue weighted by Gasteiger charge is -2.52. The van der Waals surface area contributed by atoms with Gasteiger partial charge in [-0.3, -0.25) is 4.79 Å². The summed E-state index contributed by atoms with van der Waals surface area (Å²) in [7, 11) is 1.62. The number of carbonyl (C=O) groups excluding carboxylic acids is 2. The number of nitrogens with zero attached hydrogens (tertiary/aromatic N) is 2. The summed E-state index contributed by atoms with van der Waals surface area (Å²) in [4.78, 5) is 27.2. The van der Waals surface area contributed by atoms with Crippen molar-refractivity contribution in [2.45, 2.75) is 44.3 Å². The molecule has 2 saturated heterocycles. The third-order valence-corrected chi connectivity index (χ3v) is 7.28. The zero-order chi connectivity index (χ0) is 22.2. The van der Waals surface area contributed by atoms with E-state index in [0.717, 1.165) is 36.9 Å². The van der Waals surface area contributed by atoms with E-state index in [1.807, 2.05) is 29.2 Å². The molecule has 166 valence electrons. The molecule has 32 heavy (non-hydrogen) atoms. The fourth-order valence-corrected chi connectivity index (χ4v) is 5.62. The van der Waals surface area contributed by atoms with Crippen molar-refractivity contribution in [3.8, 4) is 5.75 Å². The van der Waals surface area contributed by atoms with Crippen LogP contribution in [0.1, 0.15) is 55.0 Å². The molecule has 3 heterocycles. The molecule has 0 unspecified atom stereocenters. The second-order valence-electron chi connectivity index (χ2n) is 9.02. The van der Waals surface area contributed by atoms with Crippen molar-refractivity contribution in [1.29, 1.82) is 0 Å². The van der Waals surface area contributed by atoms with Gasteiger partial charge in [0.25, 0.3) is 0 Å². The van der Waals surface area contributed by atoms with E-state index in [4.69, 9.17) is 4.74 Å². The number of amides is 1. The Morgan fingerprint density at radius 3 is 2.75 bits per heavy atom. The molecule has 3 aliphatic rings. The summed E-state index contributed by atoms with van der Waals surface area (Å²) in [6.07, 6.45) is 2.71. The van der Waals surface area contributed by atoms with Gasteiger partial charge in [0, 0.05) is 18.6 Å². The minimum atomic E-state index is -0.0526. The van der Waals surface area contributed by atoms with E-state index in [1.165, 1.54) is 5.56 Å². The molecule has 2 aromatic rings. The molecule has 3 aliphatic heterocycles.